The van der Waals surface area contributed by atoms with Crippen LogP contribution in [0.5, 0.6) is 0 Å². The van der Waals surface area contributed by atoms with Crippen LogP contribution in [-0.2, 0) is 6.54 Å². The van der Waals surface area contributed by atoms with Gasteiger partial charge >= 0.3 is 0 Å². The van der Waals surface area contributed by atoms with E-state index in [1.165, 1.54) is 44.7 Å². The van der Waals surface area contributed by atoms with Gasteiger partial charge in [-0.3, -0.25) is 0 Å². The third-order valence-electron chi connectivity index (χ3n) is 4.27. The lowest BCUT2D eigenvalue weighted by molar-refractivity contribution is 0.601. The topological polar surface area (TPSA) is 28.2 Å². The minimum Gasteiger partial charge on any atom is -0.356 e. The van der Waals surface area contributed by atoms with Crippen molar-refractivity contribution in [2.75, 3.05) is 11.9 Å². The number of hydrogen-bond acceptors (Lipinski definition) is 3. The smallest absolute Gasteiger partial charge is 0.141 e. The summed E-state index contributed by atoms with van der Waals surface area (Å²) in [5.41, 5.74) is 0.987. The molecule has 0 spiro atoms. The molecule has 2 fully saturated rings. The molecule has 1 aromatic heterocycles. The molecule has 0 atom stereocenters. The summed E-state index contributed by atoms with van der Waals surface area (Å²) in [5, 5.41) is 3.45. The first-order valence-corrected chi connectivity index (χ1v) is 7.34. The Morgan fingerprint density at radius 1 is 1.32 bits per heavy atom. The Kier molecular flexibility index (Phi) is 3.69. The molecule has 19 heavy (non-hydrogen) atoms. The zero-order valence-electron chi connectivity index (χ0n) is 11.5. The van der Waals surface area contributed by atoms with Crippen LogP contribution < -0.4 is 10.2 Å². The molecule has 0 radical (unpaired) electrons. The standard InChI is InChI=1S/C15H22FN3/c1-19(14-4-2-3-5-14)15-11(8-12(16)10-18-15)9-17-13-6-7-13/h8,10,13-14,17H,2-7,9H2,1H3. The van der Waals surface area contributed by atoms with Gasteiger partial charge in [-0.25, -0.2) is 9.37 Å². The molecular formula is C15H22FN3. The van der Waals surface area contributed by atoms with E-state index in [9.17, 15) is 4.39 Å². The van der Waals surface area contributed by atoms with Crippen molar-refractivity contribution in [2.45, 2.75) is 57.2 Å². The molecule has 3 nitrogen and oxygen atoms in total. The van der Waals surface area contributed by atoms with E-state index in [-0.39, 0.29) is 5.82 Å². The highest BCUT2D eigenvalue weighted by Gasteiger charge is 2.24. The molecule has 0 unspecified atom stereocenters. The van der Waals surface area contributed by atoms with Crippen LogP contribution in [-0.4, -0.2) is 24.1 Å². The molecule has 0 amide bonds. The molecule has 1 N–H and O–H groups in total. The quantitative estimate of drug-likeness (QED) is 0.885. The van der Waals surface area contributed by atoms with Crippen LogP contribution >= 0.6 is 0 Å². The van der Waals surface area contributed by atoms with Crippen LogP contribution in [0.15, 0.2) is 12.3 Å². The average Bonchev–Trinajstić information content (AvgIpc) is 3.07. The molecule has 4 heteroatoms. The third kappa shape index (κ3) is 3.06. The van der Waals surface area contributed by atoms with Gasteiger partial charge in [0.1, 0.15) is 11.6 Å². The van der Waals surface area contributed by atoms with Crippen molar-refractivity contribution in [3.05, 3.63) is 23.6 Å². The molecule has 1 aromatic rings. The van der Waals surface area contributed by atoms with Crippen LogP contribution in [0.2, 0.25) is 0 Å². The number of hydrogen-bond donors (Lipinski definition) is 1. The summed E-state index contributed by atoms with van der Waals surface area (Å²) in [4.78, 5) is 6.58. The SMILES string of the molecule is CN(c1ncc(F)cc1CNC1CC1)C1CCCC1. The summed E-state index contributed by atoms with van der Waals surface area (Å²) in [6.45, 7) is 0.724. The van der Waals surface area contributed by atoms with E-state index in [2.05, 4.69) is 22.2 Å². The Hall–Kier alpha value is -1.16. The maximum Gasteiger partial charge on any atom is 0.141 e. The highest BCUT2D eigenvalue weighted by molar-refractivity contribution is 5.47. The molecule has 104 valence electrons. The van der Waals surface area contributed by atoms with Gasteiger partial charge in [-0.1, -0.05) is 12.8 Å². The van der Waals surface area contributed by atoms with E-state index in [4.69, 9.17) is 0 Å². The van der Waals surface area contributed by atoms with Crippen molar-refractivity contribution >= 4 is 5.82 Å². The van der Waals surface area contributed by atoms with Gasteiger partial charge in [-0.2, -0.15) is 0 Å². The molecule has 2 aliphatic rings. The Bertz CT molecular complexity index is 439. The van der Waals surface area contributed by atoms with Gasteiger partial charge in [-0.05, 0) is 31.7 Å². The van der Waals surface area contributed by atoms with Gasteiger partial charge in [0.2, 0.25) is 0 Å². The van der Waals surface area contributed by atoms with E-state index >= 15 is 0 Å². The van der Waals surface area contributed by atoms with Gasteiger partial charge in [0.05, 0.1) is 6.20 Å². The minimum atomic E-state index is -0.240. The summed E-state index contributed by atoms with van der Waals surface area (Å²) < 4.78 is 13.4. The number of nitrogens with one attached hydrogen (secondary N) is 1. The molecule has 0 aliphatic heterocycles. The van der Waals surface area contributed by atoms with Crippen LogP contribution in [0.3, 0.4) is 0 Å². The van der Waals surface area contributed by atoms with E-state index < -0.39 is 0 Å². The molecule has 0 aromatic carbocycles. The Labute approximate surface area is 114 Å². The number of halogens is 1. The fourth-order valence-corrected chi connectivity index (χ4v) is 2.93. The van der Waals surface area contributed by atoms with Gasteiger partial charge in [-0.15, -0.1) is 0 Å². The maximum absolute atomic E-state index is 13.4. The summed E-state index contributed by atoms with van der Waals surface area (Å²) in [7, 11) is 2.09. The number of aromatic nitrogens is 1. The van der Waals surface area contributed by atoms with Crippen LogP contribution in [0.1, 0.15) is 44.1 Å². The van der Waals surface area contributed by atoms with Crippen molar-refractivity contribution in [3.8, 4) is 0 Å². The van der Waals surface area contributed by atoms with Crippen LogP contribution in [0.25, 0.3) is 0 Å². The first kappa shape index (κ1) is 12.9. The Morgan fingerprint density at radius 2 is 2.05 bits per heavy atom. The maximum atomic E-state index is 13.4. The van der Waals surface area contributed by atoms with E-state index in [1.54, 1.807) is 6.07 Å². The van der Waals surface area contributed by atoms with Crippen LogP contribution in [0.4, 0.5) is 10.2 Å². The van der Waals surface area contributed by atoms with Crippen molar-refractivity contribution in [1.82, 2.24) is 10.3 Å². The Balaban J connectivity index is 1.76. The largest absolute Gasteiger partial charge is 0.356 e. The summed E-state index contributed by atoms with van der Waals surface area (Å²) in [6.07, 6.45) is 8.88. The fraction of sp³-hybridized carbons (Fsp3) is 0.667. The number of pyridine rings is 1. The predicted molar refractivity (Wildman–Crippen MR) is 74.7 cm³/mol. The second kappa shape index (κ2) is 5.45. The lowest BCUT2D eigenvalue weighted by atomic mass is 10.1. The lowest BCUT2D eigenvalue weighted by Gasteiger charge is -2.27. The van der Waals surface area contributed by atoms with E-state index in [0.29, 0.717) is 12.1 Å². The molecule has 0 bridgehead atoms. The van der Waals surface area contributed by atoms with Crippen molar-refractivity contribution in [1.29, 1.82) is 0 Å². The number of anilines is 1. The summed E-state index contributed by atoms with van der Waals surface area (Å²) >= 11 is 0. The third-order valence-corrected chi connectivity index (χ3v) is 4.27. The first-order chi connectivity index (χ1) is 9.24. The van der Waals surface area contributed by atoms with Gasteiger partial charge in [0.15, 0.2) is 0 Å². The predicted octanol–water partition coefficient (Wildman–Crippen LogP) is 2.85. The monoisotopic (exact) mass is 263 g/mol. The fourth-order valence-electron chi connectivity index (χ4n) is 2.93. The van der Waals surface area contributed by atoms with Gasteiger partial charge < -0.3 is 10.2 Å². The van der Waals surface area contributed by atoms with Crippen molar-refractivity contribution < 1.29 is 4.39 Å². The zero-order valence-corrected chi connectivity index (χ0v) is 11.5. The van der Waals surface area contributed by atoms with E-state index in [1.807, 2.05) is 0 Å². The summed E-state index contributed by atoms with van der Waals surface area (Å²) in [5.74, 6) is 0.706. The average molecular weight is 263 g/mol. The van der Waals surface area contributed by atoms with Crippen molar-refractivity contribution in [2.24, 2.45) is 0 Å². The number of rotatable bonds is 5. The second-order valence-electron chi connectivity index (χ2n) is 5.84. The van der Waals surface area contributed by atoms with Crippen molar-refractivity contribution in [3.63, 3.8) is 0 Å². The highest BCUT2D eigenvalue weighted by Crippen LogP contribution is 2.28. The van der Waals surface area contributed by atoms with Gasteiger partial charge in [0.25, 0.3) is 0 Å². The molecule has 1 heterocycles. The van der Waals surface area contributed by atoms with Gasteiger partial charge in [0, 0.05) is 31.2 Å². The molecule has 2 aliphatic carbocycles. The summed E-state index contributed by atoms with van der Waals surface area (Å²) in [6, 6.07) is 2.83. The zero-order chi connectivity index (χ0) is 13.2. The molecule has 3 rings (SSSR count). The molecule has 2 saturated carbocycles. The first-order valence-electron chi connectivity index (χ1n) is 7.34. The molecule has 0 saturated heterocycles. The second-order valence-corrected chi connectivity index (χ2v) is 5.84. The van der Waals surface area contributed by atoms with E-state index in [0.717, 1.165) is 17.9 Å². The minimum absolute atomic E-state index is 0.240. The lowest BCUT2D eigenvalue weighted by Crippen LogP contribution is -2.31. The Morgan fingerprint density at radius 3 is 2.74 bits per heavy atom. The number of nitrogens with zero attached hydrogens (tertiary/aromatic N) is 2. The molecular weight excluding hydrogens is 241 g/mol. The van der Waals surface area contributed by atoms with Crippen LogP contribution in [0, 0.1) is 5.82 Å². The highest BCUT2D eigenvalue weighted by atomic mass is 19.1. The normalized spacial score (nSPS) is 19.9.